The second kappa shape index (κ2) is 5.07. The number of aromatic nitrogens is 2. The van der Waals surface area contributed by atoms with Crippen molar-refractivity contribution < 1.29 is 0 Å². The molecule has 0 radical (unpaired) electrons. The highest BCUT2D eigenvalue weighted by Gasteiger charge is 2.10. The average Bonchev–Trinajstić information content (AvgIpc) is 2.71. The first-order valence-corrected chi connectivity index (χ1v) is 5.60. The summed E-state index contributed by atoms with van der Waals surface area (Å²) < 4.78 is 0. The Morgan fingerprint density at radius 3 is 2.93 bits per heavy atom. The summed E-state index contributed by atoms with van der Waals surface area (Å²) in [6.45, 7) is 6.50. The number of nitrogens with one attached hydrogen (secondary N) is 1. The van der Waals surface area contributed by atoms with Gasteiger partial charge in [0.2, 0.25) is 0 Å². The number of rotatable bonds is 4. The molecule has 0 amide bonds. The molecule has 4 nitrogen and oxygen atoms in total. The third-order valence-electron chi connectivity index (χ3n) is 2.71. The van der Waals surface area contributed by atoms with Gasteiger partial charge >= 0.3 is 0 Å². The van der Waals surface area contributed by atoms with Crippen molar-refractivity contribution in [3.8, 4) is 0 Å². The molecular formula is C11H18N4. The van der Waals surface area contributed by atoms with E-state index < -0.39 is 0 Å². The van der Waals surface area contributed by atoms with Crippen molar-refractivity contribution in [3.63, 3.8) is 0 Å². The molecule has 1 aliphatic rings. The van der Waals surface area contributed by atoms with Crippen molar-refractivity contribution >= 4 is 5.82 Å². The van der Waals surface area contributed by atoms with E-state index in [0.717, 1.165) is 24.7 Å². The minimum atomic E-state index is 0.821. The number of anilines is 1. The molecule has 1 N–H and O–H groups in total. The first-order valence-electron chi connectivity index (χ1n) is 5.60. The van der Waals surface area contributed by atoms with Gasteiger partial charge in [-0.3, -0.25) is 0 Å². The van der Waals surface area contributed by atoms with E-state index in [4.69, 9.17) is 0 Å². The molecule has 0 saturated carbocycles. The molecule has 1 fully saturated rings. The van der Waals surface area contributed by atoms with E-state index in [1.807, 2.05) is 13.0 Å². The molecule has 4 heteroatoms. The fourth-order valence-electron chi connectivity index (χ4n) is 1.90. The molecule has 0 unspecified atom stereocenters. The lowest BCUT2D eigenvalue weighted by atomic mass is 10.4. The number of likely N-dealkylation sites (tertiary alicyclic amines) is 1. The van der Waals surface area contributed by atoms with Crippen LogP contribution in [-0.4, -0.2) is 41.0 Å². The van der Waals surface area contributed by atoms with Crippen LogP contribution in [0.1, 0.15) is 18.7 Å². The van der Waals surface area contributed by atoms with Gasteiger partial charge in [-0.05, 0) is 38.9 Å². The van der Waals surface area contributed by atoms with Crippen molar-refractivity contribution in [3.05, 3.63) is 18.1 Å². The fraction of sp³-hybridized carbons (Fsp3) is 0.636. The van der Waals surface area contributed by atoms with Gasteiger partial charge in [0.15, 0.2) is 0 Å². The van der Waals surface area contributed by atoms with E-state index >= 15 is 0 Å². The smallest absolute Gasteiger partial charge is 0.129 e. The van der Waals surface area contributed by atoms with E-state index in [2.05, 4.69) is 20.2 Å². The summed E-state index contributed by atoms with van der Waals surface area (Å²) in [5.74, 6) is 1.75. The molecule has 0 aromatic carbocycles. The molecule has 1 aliphatic heterocycles. The summed E-state index contributed by atoms with van der Waals surface area (Å²) >= 11 is 0. The van der Waals surface area contributed by atoms with Crippen molar-refractivity contribution in [1.82, 2.24) is 14.9 Å². The minimum absolute atomic E-state index is 0.821. The average molecular weight is 206 g/mol. The third kappa shape index (κ3) is 3.16. The zero-order chi connectivity index (χ0) is 10.5. The Hall–Kier alpha value is -1.16. The standard InChI is InChI=1S/C11H18N4/c1-10-12-5-4-11(14-10)13-6-9-15-7-2-3-8-15/h4-5H,2-3,6-9H2,1H3,(H,12,13,14). The molecule has 1 aromatic rings. The second-order valence-electron chi connectivity index (χ2n) is 3.96. The van der Waals surface area contributed by atoms with Gasteiger partial charge in [-0.25, -0.2) is 9.97 Å². The molecule has 82 valence electrons. The van der Waals surface area contributed by atoms with Crippen LogP contribution in [0, 0.1) is 6.92 Å². The van der Waals surface area contributed by atoms with Gasteiger partial charge in [0.05, 0.1) is 0 Å². The summed E-state index contributed by atoms with van der Waals surface area (Å²) in [4.78, 5) is 10.8. The number of aryl methyl sites for hydroxylation is 1. The maximum atomic E-state index is 4.30. The maximum Gasteiger partial charge on any atom is 0.129 e. The molecular weight excluding hydrogens is 188 g/mol. The molecule has 0 aliphatic carbocycles. The van der Waals surface area contributed by atoms with Gasteiger partial charge in [0.1, 0.15) is 11.6 Å². The summed E-state index contributed by atoms with van der Waals surface area (Å²) in [5.41, 5.74) is 0. The van der Waals surface area contributed by atoms with E-state index in [9.17, 15) is 0 Å². The fourth-order valence-corrected chi connectivity index (χ4v) is 1.90. The van der Waals surface area contributed by atoms with Gasteiger partial charge in [0.25, 0.3) is 0 Å². The Balaban J connectivity index is 1.73. The normalized spacial score (nSPS) is 16.9. The van der Waals surface area contributed by atoms with Crippen LogP contribution in [0.4, 0.5) is 5.82 Å². The van der Waals surface area contributed by atoms with Crippen molar-refractivity contribution in [2.45, 2.75) is 19.8 Å². The lowest BCUT2D eigenvalue weighted by Crippen LogP contribution is -2.26. The van der Waals surface area contributed by atoms with Gasteiger partial charge < -0.3 is 10.2 Å². The second-order valence-corrected chi connectivity index (χ2v) is 3.96. The van der Waals surface area contributed by atoms with Crippen LogP contribution >= 0.6 is 0 Å². The Kier molecular flexibility index (Phi) is 3.50. The van der Waals surface area contributed by atoms with Crippen molar-refractivity contribution in [2.75, 3.05) is 31.5 Å². The third-order valence-corrected chi connectivity index (χ3v) is 2.71. The molecule has 1 saturated heterocycles. The van der Waals surface area contributed by atoms with E-state index in [0.29, 0.717) is 0 Å². The van der Waals surface area contributed by atoms with Crippen LogP contribution in [0.2, 0.25) is 0 Å². The molecule has 2 rings (SSSR count). The van der Waals surface area contributed by atoms with Crippen LogP contribution in [0.5, 0.6) is 0 Å². The van der Waals surface area contributed by atoms with Gasteiger partial charge in [-0.15, -0.1) is 0 Å². The Bertz CT molecular complexity index is 307. The highest BCUT2D eigenvalue weighted by atomic mass is 15.2. The zero-order valence-electron chi connectivity index (χ0n) is 9.24. The van der Waals surface area contributed by atoms with E-state index in [1.165, 1.54) is 25.9 Å². The number of nitrogens with zero attached hydrogens (tertiary/aromatic N) is 3. The summed E-state index contributed by atoms with van der Waals surface area (Å²) in [6, 6.07) is 1.91. The van der Waals surface area contributed by atoms with Crippen molar-refractivity contribution in [2.24, 2.45) is 0 Å². The monoisotopic (exact) mass is 206 g/mol. The van der Waals surface area contributed by atoms with Crippen LogP contribution in [0.3, 0.4) is 0 Å². The SMILES string of the molecule is Cc1nccc(NCCN2CCCC2)n1. The molecule has 0 bridgehead atoms. The molecule has 15 heavy (non-hydrogen) atoms. The molecule has 2 heterocycles. The minimum Gasteiger partial charge on any atom is -0.369 e. The lowest BCUT2D eigenvalue weighted by molar-refractivity contribution is 0.352. The molecule has 0 spiro atoms. The van der Waals surface area contributed by atoms with Crippen molar-refractivity contribution in [1.29, 1.82) is 0 Å². The van der Waals surface area contributed by atoms with Crippen LogP contribution in [-0.2, 0) is 0 Å². The lowest BCUT2D eigenvalue weighted by Gasteiger charge is -2.14. The topological polar surface area (TPSA) is 41.1 Å². The Morgan fingerprint density at radius 2 is 2.20 bits per heavy atom. The number of hydrogen-bond acceptors (Lipinski definition) is 4. The summed E-state index contributed by atoms with van der Waals surface area (Å²) in [7, 11) is 0. The predicted octanol–water partition coefficient (Wildman–Crippen LogP) is 1.29. The predicted molar refractivity (Wildman–Crippen MR) is 60.9 cm³/mol. The zero-order valence-corrected chi connectivity index (χ0v) is 9.24. The highest BCUT2D eigenvalue weighted by Crippen LogP contribution is 2.06. The van der Waals surface area contributed by atoms with Gasteiger partial charge in [-0.1, -0.05) is 0 Å². The molecule has 0 atom stereocenters. The van der Waals surface area contributed by atoms with E-state index in [1.54, 1.807) is 6.20 Å². The van der Waals surface area contributed by atoms with Gasteiger partial charge in [0, 0.05) is 19.3 Å². The quantitative estimate of drug-likeness (QED) is 0.806. The first-order chi connectivity index (χ1) is 7.34. The summed E-state index contributed by atoms with van der Waals surface area (Å²) in [5, 5.41) is 3.32. The van der Waals surface area contributed by atoms with Crippen LogP contribution in [0.15, 0.2) is 12.3 Å². The first kappa shape index (κ1) is 10.4. The number of hydrogen-bond donors (Lipinski definition) is 1. The highest BCUT2D eigenvalue weighted by molar-refractivity contribution is 5.32. The largest absolute Gasteiger partial charge is 0.369 e. The summed E-state index contributed by atoms with van der Waals surface area (Å²) in [6.07, 6.45) is 4.50. The van der Waals surface area contributed by atoms with Crippen LogP contribution < -0.4 is 5.32 Å². The Morgan fingerprint density at radius 1 is 1.40 bits per heavy atom. The molecule has 1 aromatic heterocycles. The van der Waals surface area contributed by atoms with Gasteiger partial charge in [-0.2, -0.15) is 0 Å². The van der Waals surface area contributed by atoms with Crippen LogP contribution in [0.25, 0.3) is 0 Å². The van der Waals surface area contributed by atoms with E-state index in [-0.39, 0.29) is 0 Å². The maximum absolute atomic E-state index is 4.30. The Labute approximate surface area is 90.7 Å².